The van der Waals surface area contributed by atoms with Crippen LogP contribution < -0.4 is 16.8 Å². The number of nitrogens with two attached hydrogens (primary N) is 2. The Bertz CT molecular complexity index is 1020. The number of nitrogens with zero attached hydrogens (tertiary/aromatic N) is 1. The second-order valence-electron chi connectivity index (χ2n) is 17.7. The van der Waals surface area contributed by atoms with Crippen LogP contribution >= 0.6 is 0 Å². The maximum atomic E-state index is 13.5. The molecule has 0 aromatic rings. The molecule has 0 heterocycles. The van der Waals surface area contributed by atoms with Crippen molar-refractivity contribution in [2.75, 3.05) is 39.3 Å². The highest BCUT2D eigenvalue weighted by molar-refractivity contribution is 5.75. The molecule has 4 rings (SSSR count). The quantitative estimate of drug-likeness (QED) is 0.0685. The molecule has 0 aliphatic heterocycles. The Morgan fingerprint density at radius 3 is 2.38 bits per heavy atom. The third-order valence-electron chi connectivity index (χ3n) is 14.7. The van der Waals surface area contributed by atoms with Crippen molar-refractivity contribution in [3.8, 4) is 0 Å². The monoisotopic (exact) mass is 671 g/mol. The van der Waals surface area contributed by atoms with Crippen molar-refractivity contribution in [3.05, 3.63) is 11.6 Å². The van der Waals surface area contributed by atoms with Gasteiger partial charge in [0.15, 0.2) is 0 Å². The molecule has 10 atom stereocenters. The molecular weight excluding hydrogens is 592 g/mol. The summed E-state index contributed by atoms with van der Waals surface area (Å²) in [5, 5.41) is 3.47. The van der Waals surface area contributed by atoms with Crippen LogP contribution in [0.1, 0.15) is 145 Å². The second kappa shape index (κ2) is 18.5. The smallest absolute Gasteiger partial charge is 0.323 e. The minimum atomic E-state index is -0.230. The fraction of sp³-hybridized carbons (Fsp3) is 0.929. The Kier molecular flexibility index (Phi) is 15.4. The van der Waals surface area contributed by atoms with Gasteiger partial charge in [-0.1, -0.05) is 66.0 Å². The predicted octanol–water partition coefficient (Wildman–Crippen LogP) is 8.33. The number of ether oxygens (including phenoxy) is 1. The first-order chi connectivity index (χ1) is 23.0. The number of hydrogen-bond donors (Lipinski definition) is 3. The molecule has 48 heavy (non-hydrogen) atoms. The number of fused-ring (bicyclic) bond motifs is 5. The summed E-state index contributed by atoms with van der Waals surface area (Å²) >= 11 is 0. The Labute approximate surface area is 296 Å². The van der Waals surface area contributed by atoms with Gasteiger partial charge in [-0.2, -0.15) is 0 Å². The van der Waals surface area contributed by atoms with E-state index in [9.17, 15) is 4.79 Å². The van der Waals surface area contributed by atoms with Gasteiger partial charge in [0.05, 0.1) is 0 Å². The van der Waals surface area contributed by atoms with Gasteiger partial charge in [0.1, 0.15) is 12.1 Å². The fourth-order valence-corrected chi connectivity index (χ4v) is 11.5. The topological polar surface area (TPSA) is 93.6 Å². The van der Waals surface area contributed by atoms with Crippen molar-refractivity contribution in [1.29, 1.82) is 0 Å². The summed E-state index contributed by atoms with van der Waals surface area (Å²) in [6.07, 6.45) is 20.9. The Balaban J connectivity index is 1.32. The summed E-state index contributed by atoms with van der Waals surface area (Å²) < 4.78 is 6.33. The van der Waals surface area contributed by atoms with E-state index in [1.54, 1.807) is 5.57 Å². The van der Waals surface area contributed by atoms with Crippen molar-refractivity contribution in [3.63, 3.8) is 0 Å². The molecule has 0 saturated heterocycles. The van der Waals surface area contributed by atoms with Crippen molar-refractivity contribution >= 4 is 5.97 Å². The van der Waals surface area contributed by atoms with Gasteiger partial charge < -0.3 is 21.5 Å². The van der Waals surface area contributed by atoms with Crippen LogP contribution in [0.2, 0.25) is 0 Å². The lowest BCUT2D eigenvalue weighted by molar-refractivity contribution is -0.157. The lowest BCUT2D eigenvalue weighted by Crippen LogP contribution is -2.51. The highest BCUT2D eigenvalue weighted by Crippen LogP contribution is 2.67. The molecule has 0 aromatic heterocycles. The Morgan fingerprint density at radius 2 is 1.67 bits per heavy atom. The van der Waals surface area contributed by atoms with E-state index in [-0.39, 0.29) is 23.5 Å². The second-order valence-corrected chi connectivity index (χ2v) is 17.7. The van der Waals surface area contributed by atoms with Crippen LogP contribution in [0.15, 0.2) is 11.6 Å². The van der Waals surface area contributed by atoms with Crippen LogP contribution in [0, 0.1) is 52.3 Å². The summed E-state index contributed by atoms with van der Waals surface area (Å²) in [7, 11) is 0. The average Bonchev–Trinajstić information content (AvgIpc) is 3.43. The molecule has 0 spiro atoms. The summed E-state index contributed by atoms with van der Waals surface area (Å²) in [6.45, 7) is 22.3. The van der Waals surface area contributed by atoms with Gasteiger partial charge in [0, 0.05) is 13.0 Å². The largest absolute Gasteiger partial charge is 0.461 e. The molecule has 0 bridgehead atoms. The highest BCUT2D eigenvalue weighted by atomic mass is 16.5. The van der Waals surface area contributed by atoms with Crippen molar-refractivity contribution in [2.24, 2.45) is 63.7 Å². The third-order valence-corrected chi connectivity index (χ3v) is 14.7. The molecule has 0 radical (unpaired) electrons. The summed E-state index contributed by atoms with van der Waals surface area (Å²) in [5.41, 5.74) is 13.9. The molecule has 278 valence electrons. The maximum Gasteiger partial charge on any atom is 0.323 e. The average molecular weight is 671 g/mol. The van der Waals surface area contributed by atoms with E-state index in [1.165, 1.54) is 51.4 Å². The number of allylic oxidation sites excluding steroid dienone is 1. The van der Waals surface area contributed by atoms with Gasteiger partial charge in [-0.05, 0) is 169 Å². The molecular formula is C42H78N4O2. The van der Waals surface area contributed by atoms with Gasteiger partial charge in [-0.25, -0.2) is 0 Å². The number of carbonyl (C=O) groups is 1. The molecule has 3 saturated carbocycles. The number of unbranched alkanes of at least 4 members (excludes halogenated alkanes) is 1. The zero-order valence-electron chi connectivity index (χ0n) is 32.5. The van der Waals surface area contributed by atoms with E-state index in [1.807, 2.05) is 6.92 Å². The molecule has 6 heteroatoms. The molecule has 0 amide bonds. The highest BCUT2D eigenvalue weighted by Gasteiger charge is 2.59. The van der Waals surface area contributed by atoms with Gasteiger partial charge >= 0.3 is 5.97 Å². The van der Waals surface area contributed by atoms with E-state index < -0.39 is 0 Å². The first-order valence-electron chi connectivity index (χ1n) is 20.7. The van der Waals surface area contributed by atoms with Crippen molar-refractivity contribution < 1.29 is 9.53 Å². The standard InChI is InChI=1S/C42H78N4O2/c1-8-33(30(2)3)14-13-31(4)37-17-18-38-36-16-15-34-29-35(19-21-41(34,6)39(36)20-22-42(37,38)7)48-40(47)32(5)46(28-12-24-44)27-10-9-25-45-26-11-23-43/h15,30-33,35-39,45H,8-14,16-29,43-44H2,1-7H3/t31?,32?,33?,35-,36-,37+,38-,39-,41-,42+/m0/s1. The van der Waals surface area contributed by atoms with Crippen LogP contribution in [0.25, 0.3) is 0 Å². The van der Waals surface area contributed by atoms with Crippen molar-refractivity contribution in [1.82, 2.24) is 10.2 Å². The first kappa shape index (κ1) is 39.8. The number of nitrogens with one attached hydrogen (secondary N) is 1. The predicted molar refractivity (Wildman–Crippen MR) is 203 cm³/mol. The zero-order chi connectivity index (χ0) is 34.9. The summed E-state index contributed by atoms with van der Waals surface area (Å²) in [6, 6.07) is -0.230. The molecule has 4 aliphatic carbocycles. The van der Waals surface area contributed by atoms with E-state index in [0.717, 1.165) is 119 Å². The lowest BCUT2D eigenvalue weighted by atomic mass is 9.47. The van der Waals surface area contributed by atoms with Crippen molar-refractivity contribution in [2.45, 2.75) is 157 Å². The van der Waals surface area contributed by atoms with Crippen LogP contribution in [0.3, 0.4) is 0 Å². The SMILES string of the molecule is CCC(CCC(C)[C@H]1CC[C@H]2[C@@H]3CC=C4C[C@@H](OC(=O)C(C)N(CCCN)CCCCNCCCN)CC[C@]4(C)[C@H]3CC[C@]12C)C(C)C. The number of carbonyl (C=O) groups excluding carboxylic acids is 1. The van der Waals surface area contributed by atoms with Gasteiger partial charge in [0.25, 0.3) is 0 Å². The molecule has 3 unspecified atom stereocenters. The number of hydrogen-bond acceptors (Lipinski definition) is 6. The van der Waals surface area contributed by atoms with E-state index >= 15 is 0 Å². The molecule has 0 aromatic carbocycles. The van der Waals surface area contributed by atoms with Gasteiger partial charge in [-0.3, -0.25) is 9.69 Å². The zero-order valence-corrected chi connectivity index (χ0v) is 32.5. The third kappa shape index (κ3) is 9.28. The van der Waals surface area contributed by atoms with Crippen LogP contribution in [0.5, 0.6) is 0 Å². The van der Waals surface area contributed by atoms with Crippen LogP contribution in [0.4, 0.5) is 0 Å². The Hall–Kier alpha value is -0.950. The van der Waals surface area contributed by atoms with Crippen LogP contribution in [-0.4, -0.2) is 62.3 Å². The molecule has 3 fully saturated rings. The first-order valence-corrected chi connectivity index (χ1v) is 20.7. The molecule has 4 aliphatic rings. The van der Waals surface area contributed by atoms with Gasteiger partial charge in [0.2, 0.25) is 0 Å². The van der Waals surface area contributed by atoms with E-state index in [0.29, 0.717) is 12.0 Å². The normalized spacial score (nSPS) is 33.5. The number of esters is 1. The molecule has 5 N–H and O–H groups in total. The van der Waals surface area contributed by atoms with E-state index in [2.05, 4.69) is 57.8 Å². The minimum absolute atomic E-state index is 0.0160. The van der Waals surface area contributed by atoms with Gasteiger partial charge in [-0.15, -0.1) is 0 Å². The minimum Gasteiger partial charge on any atom is -0.461 e. The van der Waals surface area contributed by atoms with Crippen LogP contribution in [-0.2, 0) is 9.53 Å². The summed E-state index contributed by atoms with van der Waals surface area (Å²) in [4.78, 5) is 15.8. The lowest BCUT2D eigenvalue weighted by Gasteiger charge is -2.58. The molecule has 6 nitrogen and oxygen atoms in total. The summed E-state index contributed by atoms with van der Waals surface area (Å²) in [5.74, 6) is 5.88. The fourth-order valence-electron chi connectivity index (χ4n) is 11.5. The maximum absolute atomic E-state index is 13.5. The van der Waals surface area contributed by atoms with E-state index in [4.69, 9.17) is 16.2 Å². The number of rotatable bonds is 20. The Morgan fingerprint density at radius 1 is 0.938 bits per heavy atom.